The molecular weight excluding hydrogens is 246 g/mol. The Morgan fingerprint density at radius 1 is 1.42 bits per heavy atom. The van der Waals surface area contributed by atoms with E-state index in [2.05, 4.69) is 15.3 Å². The molecule has 19 heavy (non-hydrogen) atoms. The molecule has 0 fully saturated rings. The molecular formula is C12H21N5O2. The van der Waals surface area contributed by atoms with E-state index in [0.29, 0.717) is 17.5 Å². The molecule has 0 aromatic carbocycles. The topological polar surface area (TPSA) is 84.2 Å². The fourth-order valence-corrected chi connectivity index (χ4v) is 1.64. The summed E-state index contributed by atoms with van der Waals surface area (Å²) >= 11 is 0. The smallest absolute Gasteiger partial charge is 0.332 e. The number of nitrogens with zero attached hydrogens (tertiary/aromatic N) is 4. The van der Waals surface area contributed by atoms with Crippen LogP contribution in [0.25, 0.3) is 0 Å². The number of rotatable bonds is 5. The van der Waals surface area contributed by atoms with Crippen LogP contribution in [0.15, 0.2) is 0 Å². The van der Waals surface area contributed by atoms with Gasteiger partial charge in [0.2, 0.25) is 11.8 Å². The van der Waals surface area contributed by atoms with Crippen LogP contribution < -0.4 is 10.2 Å². The summed E-state index contributed by atoms with van der Waals surface area (Å²) in [6.45, 7) is 7.70. The van der Waals surface area contributed by atoms with E-state index in [-0.39, 0.29) is 11.2 Å². The maximum atomic E-state index is 11.2. The van der Waals surface area contributed by atoms with Gasteiger partial charge in [0, 0.05) is 19.6 Å². The van der Waals surface area contributed by atoms with Crippen molar-refractivity contribution >= 4 is 17.5 Å². The molecule has 0 aliphatic carbocycles. The van der Waals surface area contributed by atoms with Crippen molar-refractivity contribution in [1.29, 1.82) is 0 Å². The molecule has 7 heteroatoms. The summed E-state index contributed by atoms with van der Waals surface area (Å²) in [6, 6.07) is 0. The van der Waals surface area contributed by atoms with Gasteiger partial charge in [-0.3, -0.25) is 10.1 Å². The molecule has 0 bridgehead atoms. The molecule has 1 heterocycles. The molecule has 1 rings (SSSR count). The van der Waals surface area contributed by atoms with E-state index in [9.17, 15) is 10.1 Å². The molecule has 0 aliphatic rings. The van der Waals surface area contributed by atoms with Crippen molar-refractivity contribution < 1.29 is 4.92 Å². The van der Waals surface area contributed by atoms with Crippen molar-refractivity contribution in [3.8, 4) is 0 Å². The van der Waals surface area contributed by atoms with Gasteiger partial charge in [-0.1, -0.05) is 6.92 Å². The molecule has 1 aromatic heterocycles. The first-order chi connectivity index (χ1) is 8.74. The number of nitrogens with one attached hydrogen (secondary N) is 1. The molecule has 0 amide bonds. The Morgan fingerprint density at radius 2 is 2.00 bits per heavy atom. The fourth-order valence-electron chi connectivity index (χ4n) is 1.64. The van der Waals surface area contributed by atoms with Crippen molar-refractivity contribution in [2.75, 3.05) is 24.3 Å². The minimum absolute atomic E-state index is 0.0389. The monoisotopic (exact) mass is 267 g/mol. The zero-order valence-electron chi connectivity index (χ0n) is 12.3. The number of aryl methyl sites for hydroxylation is 1. The van der Waals surface area contributed by atoms with Gasteiger partial charge in [0.15, 0.2) is 0 Å². The van der Waals surface area contributed by atoms with Gasteiger partial charge < -0.3 is 10.2 Å². The first-order valence-corrected chi connectivity index (χ1v) is 6.19. The molecule has 0 atom stereocenters. The lowest BCUT2D eigenvalue weighted by atomic mass is 10.00. The first kappa shape index (κ1) is 15.1. The molecule has 1 aromatic rings. The Labute approximate surface area is 113 Å². The van der Waals surface area contributed by atoms with Gasteiger partial charge in [0.25, 0.3) is 0 Å². The lowest BCUT2D eigenvalue weighted by molar-refractivity contribution is -0.385. The summed E-state index contributed by atoms with van der Waals surface area (Å²) in [5, 5.41) is 14.1. The second kappa shape index (κ2) is 5.38. The Hall–Kier alpha value is -1.92. The molecule has 7 nitrogen and oxygen atoms in total. The van der Waals surface area contributed by atoms with Crippen LogP contribution in [0.3, 0.4) is 0 Å². The van der Waals surface area contributed by atoms with Crippen molar-refractivity contribution in [1.82, 2.24) is 9.97 Å². The zero-order chi connectivity index (χ0) is 14.8. The number of anilines is 2. The van der Waals surface area contributed by atoms with Crippen molar-refractivity contribution in [2.24, 2.45) is 0 Å². The lowest BCUT2D eigenvalue weighted by Gasteiger charge is -2.35. The zero-order valence-corrected chi connectivity index (χ0v) is 12.3. The van der Waals surface area contributed by atoms with Gasteiger partial charge in [-0.15, -0.1) is 0 Å². The van der Waals surface area contributed by atoms with Gasteiger partial charge in [-0.05, 0) is 27.2 Å². The van der Waals surface area contributed by atoms with Gasteiger partial charge in [-0.25, -0.2) is 4.98 Å². The minimum atomic E-state index is -0.424. The average Bonchev–Trinajstić information content (AvgIpc) is 2.36. The Balaban J connectivity index is 3.47. The van der Waals surface area contributed by atoms with Gasteiger partial charge in [-0.2, -0.15) is 4.98 Å². The van der Waals surface area contributed by atoms with Crippen LogP contribution in [-0.2, 0) is 0 Å². The summed E-state index contributed by atoms with van der Waals surface area (Å²) < 4.78 is 0. The molecule has 0 unspecified atom stereocenters. The van der Waals surface area contributed by atoms with Crippen molar-refractivity contribution in [3.63, 3.8) is 0 Å². The molecule has 106 valence electrons. The molecule has 0 spiro atoms. The summed E-state index contributed by atoms with van der Waals surface area (Å²) in [4.78, 5) is 21.0. The average molecular weight is 267 g/mol. The quantitative estimate of drug-likeness (QED) is 0.651. The Bertz CT molecular complexity index is 487. The van der Waals surface area contributed by atoms with E-state index >= 15 is 0 Å². The largest absolute Gasteiger partial charge is 0.357 e. The van der Waals surface area contributed by atoms with Gasteiger partial charge in [0.05, 0.1) is 4.92 Å². The number of aromatic nitrogens is 2. The van der Waals surface area contributed by atoms with E-state index in [0.717, 1.165) is 6.42 Å². The van der Waals surface area contributed by atoms with Crippen molar-refractivity contribution in [3.05, 3.63) is 15.8 Å². The predicted molar refractivity (Wildman–Crippen MR) is 75.7 cm³/mol. The Kier molecular flexibility index (Phi) is 4.28. The molecule has 1 N–H and O–H groups in total. The predicted octanol–water partition coefficient (Wildman–Crippen LogP) is 2.36. The van der Waals surface area contributed by atoms with E-state index in [1.807, 2.05) is 32.7 Å². The number of hydrogen-bond donors (Lipinski definition) is 1. The van der Waals surface area contributed by atoms with Crippen LogP contribution in [-0.4, -0.2) is 34.5 Å². The highest BCUT2D eigenvalue weighted by molar-refractivity contribution is 5.63. The molecule has 0 radical (unpaired) electrons. The molecule has 0 saturated heterocycles. The van der Waals surface area contributed by atoms with E-state index in [4.69, 9.17) is 0 Å². The van der Waals surface area contributed by atoms with Crippen LogP contribution >= 0.6 is 0 Å². The standard InChI is InChI=1S/C12H21N5O2/c1-7-12(3,4)16(6)10-9(17(18)19)8(2)14-11(13-5)15-10/h7H2,1-6H3,(H,13,14,15). The van der Waals surface area contributed by atoms with E-state index < -0.39 is 4.92 Å². The van der Waals surface area contributed by atoms with Crippen LogP contribution in [0.4, 0.5) is 17.5 Å². The summed E-state index contributed by atoms with van der Waals surface area (Å²) in [5.41, 5.74) is 0.0949. The highest BCUT2D eigenvalue weighted by atomic mass is 16.6. The third-order valence-electron chi connectivity index (χ3n) is 3.54. The highest BCUT2D eigenvalue weighted by Gasteiger charge is 2.31. The summed E-state index contributed by atoms with van der Waals surface area (Å²) in [6.07, 6.45) is 0.846. The Morgan fingerprint density at radius 3 is 2.42 bits per heavy atom. The van der Waals surface area contributed by atoms with Crippen LogP contribution in [0.2, 0.25) is 0 Å². The maximum Gasteiger partial charge on any atom is 0.332 e. The second-order valence-electron chi connectivity index (χ2n) is 5.04. The maximum absolute atomic E-state index is 11.2. The number of hydrogen-bond acceptors (Lipinski definition) is 6. The fraction of sp³-hybridized carbons (Fsp3) is 0.667. The third-order valence-corrected chi connectivity index (χ3v) is 3.54. The second-order valence-corrected chi connectivity index (χ2v) is 5.04. The van der Waals surface area contributed by atoms with Crippen LogP contribution in [0.5, 0.6) is 0 Å². The van der Waals surface area contributed by atoms with Crippen LogP contribution in [0.1, 0.15) is 32.9 Å². The minimum Gasteiger partial charge on any atom is -0.357 e. The number of nitro groups is 1. The summed E-state index contributed by atoms with van der Waals surface area (Å²) in [5.74, 6) is 0.727. The van der Waals surface area contributed by atoms with Crippen LogP contribution in [0, 0.1) is 17.0 Å². The lowest BCUT2D eigenvalue weighted by Crippen LogP contribution is -2.41. The third kappa shape index (κ3) is 2.91. The first-order valence-electron chi connectivity index (χ1n) is 6.19. The van der Waals surface area contributed by atoms with E-state index in [1.165, 1.54) is 0 Å². The van der Waals surface area contributed by atoms with E-state index in [1.54, 1.807) is 14.0 Å². The van der Waals surface area contributed by atoms with Crippen molar-refractivity contribution in [2.45, 2.75) is 39.7 Å². The van der Waals surface area contributed by atoms with Gasteiger partial charge >= 0.3 is 5.69 Å². The highest BCUT2D eigenvalue weighted by Crippen LogP contribution is 2.33. The molecule has 0 saturated carbocycles. The SMILES string of the molecule is CCC(C)(C)N(C)c1nc(NC)nc(C)c1[N+](=O)[O-]. The normalized spacial score (nSPS) is 11.3. The van der Waals surface area contributed by atoms with Gasteiger partial charge in [0.1, 0.15) is 5.69 Å². The molecule has 0 aliphatic heterocycles. The summed E-state index contributed by atoms with van der Waals surface area (Å²) in [7, 11) is 3.51.